The Morgan fingerprint density at radius 3 is 3.18 bits per heavy atom. The van der Waals surface area contributed by atoms with Gasteiger partial charge in [0.15, 0.2) is 0 Å². The summed E-state index contributed by atoms with van der Waals surface area (Å²) in [6.07, 6.45) is 9.64. The first kappa shape index (κ1) is 13.5. The highest BCUT2D eigenvalue weighted by atomic mass is 32.1. The molecule has 0 bridgehead atoms. The Morgan fingerprint density at radius 1 is 1.41 bits per heavy atom. The van der Waals surface area contributed by atoms with Crippen molar-refractivity contribution in [2.45, 2.75) is 25.7 Å². The van der Waals surface area contributed by atoms with Gasteiger partial charge < -0.3 is 9.88 Å². The van der Waals surface area contributed by atoms with Gasteiger partial charge in [0.25, 0.3) is 5.91 Å². The molecule has 0 radical (unpaired) electrons. The summed E-state index contributed by atoms with van der Waals surface area (Å²) < 4.78 is 3.60. The number of carbonyl (C=O) groups is 1. The molecule has 3 aromatic heterocycles. The molecule has 0 aliphatic heterocycles. The second-order valence-electron chi connectivity index (χ2n) is 5.57. The number of amides is 1. The summed E-state index contributed by atoms with van der Waals surface area (Å²) in [7, 11) is 1.91. The third-order valence-corrected chi connectivity index (χ3v) is 5.26. The van der Waals surface area contributed by atoms with Crippen LogP contribution in [0.3, 0.4) is 0 Å². The topological polar surface area (TPSA) is 64.2 Å². The molecule has 1 aliphatic rings. The molecule has 3 aromatic rings. The quantitative estimate of drug-likeness (QED) is 0.795. The second kappa shape index (κ2) is 5.24. The van der Waals surface area contributed by atoms with Gasteiger partial charge in [0.2, 0.25) is 0 Å². The van der Waals surface area contributed by atoms with Gasteiger partial charge in [-0.25, -0.2) is 9.50 Å². The smallest absolute Gasteiger partial charge is 0.256 e. The van der Waals surface area contributed by atoms with Gasteiger partial charge in [-0.05, 0) is 19.3 Å². The van der Waals surface area contributed by atoms with Gasteiger partial charge in [-0.15, -0.1) is 11.3 Å². The first-order valence-electron chi connectivity index (χ1n) is 7.46. The Hall–Kier alpha value is -2.15. The minimum Gasteiger partial charge on any atom is -0.351 e. The van der Waals surface area contributed by atoms with E-state index in [1.165, 1.54) is 23.4 Å². The van der Waals surface area contributed by atoms with Gasteiger partial charge in [0.05, 0.1) is 16.9 Å². The molecule has 7 heteroatoms. The van der Waals surface area contributed by atoms with E-state index in [-0.39, 0.29) is 5.91 Å². The van der Waals surface area contributed by atoms with E-state index in [2.05, 4.69) is 15.4 Å². The number of rotatable bonds is 4. The molecule has 0 unspecified atom stereocenters. The standard InChI is InChI=1S/C15H17N5OS/c1-19-7-8-20-15(19)10(9-17-20)14(21)16-6-5-13-18-11-3-2-4-12(11)22-13/h7-9H,2-6H2,1H3,(H,16,21). The monoisotopic (exact) mass is 315 g/mol. The van der Waals surface area contributed by atoms with E-state index in [0.717, 1.165) is 23.5 Å². The maximum atomic E-state index is 12.3. The summed E-state index contributed by atoms with van der Waals surface area (Å²) in [6.45, 7) is 0.604. The normalized spacial score (nSPS) is 13.7. The van der Waals surface area contributed by atoms with Crippen molar-refractivity contribution >= 4 is 22.9 Å². The molecule has 0 atom stereocenters. The number of nitrogens with one attached hydrogen (secondary N) is 1. The minimum absolute atomic E-state index is 0.0825. The number of aryl methyl sites for hydroxylation is 3. The molecule has 0 saturated heterocycles. The van der Waals surface area contributed by atoms with Crippen LogP contribution in [0.4, 0.5) is 0 Å². The molecule has 114 valence electrons. The van der Waals surface area contributed by atoms with Gasteiger partial charge in [0, 0.05) is 37.3 Å². The van der Waals surface area contributed by atoms with E-state index in [1.807, 2.05) is 24.0 Å². The highest BCUT2D eigenvalue weighted by molar-refractivity contribution is 7.11. The molecule has 1 aliphatic carbocycles. The zero-order valence-electron chi connectivity index (χ0n) is 12.4. The lowest BCUT2D eigenvalue weighted by Crippen LogP contribution is -2.25. The van der Waals surface area contributed by atoms with Crippen LogP contribution in [0, 0.1) is 0 Å². The summed E-state index contributed by atoms with van der Waals surface area (Å²) in [4.78, 5) is 18.4. The van der Waals surface area contributed by atoms with E-state index in [9.17, 15) is 4.79 Å². The third-order valence-electron chi connectivity index (χ3n) is 4.04. The fourth-order valence-corrected chi connectivity index (χ4v) is 4.10. The molecule has 4 rings (SSSR count). The maximum absolute atomic E-state index is 12.3. The third kappa shape index (κ3) is 2.21. The van der Waals surface area contributed by atoms with Gasteiger partial charge in [-0.3, -0.25) is 4.79 Å². The van der Waals surface area contributed by atoms with Crippen LogP contribution in [0.2, 0.25) is 0 Å². The first-order chi connectivity index (χ1) is 10.7. The number of nitrogens with zero attached hydrogens (tertiary/aromatic N) is 4. The predicted octanol–water partition coefficient (Wildman–Crippen LogP) is 1.59. The summed E-state index contributed by atoms with van der Waals surface area (Å²) in [5.41, 5.74) is 2.69. The van der Waals surface area contributed by atoms with E-state index >= 15 is 0 Å². The van der Waals surface area contributed by atoms with Gasteiger partial charge >= 0.3 is 0 Å². The molecule has 0 spiro atoms. The van der Waals surface area contributed by atoms with Crippen LogP contribution in [0.1, 0.15) is 32.4 Å². The number of hydrogen-bond donors (Lipinski definition) is 1. The number of fused-ring (bicyclic) bond motifs is 2. The van der Waals surface area contributed by atoms with E-state index < -0.39 is 0 Å². The second-order valence-corrected chi connectivity index (χ2v) is 6.74. The Bertz CT molecular complexity index is 822. The minimum atomic E-state index is -0.0825. The van der Waals surface area contributed by atoms with Crippen molar-refractivity contribution in [3.05, 3.63) is 39.7 Å². The molecule has 0 aromatic carbocycles. The lowest BCUT2D eigenvalue weighted by Gasteiger charge is -2.03. The zero-order chi connectivity index (χ0) is 15.1. The van der Waals surface area contributed by atoms with Crippen molar-refractivity contribution in [3.63, 3.8) is 0 Å². The molecule has 3 heterocycles. The van der Waals surface area contributed by atoms with Gasteiger partial charge in [0.1, 0.15) is 11.2 Å². The summed E-state index contributed by atoms with van der Waals surface area (Å²) in [6, 6.07) is 0. The van der Waals surface area contributed by atoms with Crippen LogP contribution in [-0.4, -0.2) is 31.6 Å². The highest BCUT2D eigenvalue weighted by Crippen LogP contribution is 2.27. The van der Waals surface area contributed by atoms with Crippen LogP contribution in [0.25, 0.3) is 5.65 Å². The largest absolute Gasteiger partial charge is 0.351 e. The van der Waals surface area contributed by atoms with Crippen LogP contribution < -0.4 is 5.32 Å². The van der Waals surface area contributed by atoms with Crippen molar-refractivity contribution in [2.75, 3.05) is 6.54 Å². The Kier molecular flexibility index (Phi) is 3.22. The van der Waals surface area contributed by atoms with E-state index in [0.29, 0.717) is 12.1 Å². The molecule has 0 fully saturated rings. The Labute approximate surface area is 131 Å². The Morgan fingerprint density at radius 2 is 2.32 bits per heavy atom. The van der Waals surface area contributed by atoms with Crippen molar-refractivity contribution in [1.82, 2.24) is 24.5 Å². The van der Waals surface area contributed by atoms with Crippen LogP contribution in [-0.2, 0) is 26.3 Å². The molecule has 22 heavy (non-hydrogen) atoms. The van der Waals surface area contributed by atoms with E-state index in [1.54, 1.807) is 22.0 Å². The molecule has 6 nitrogen and oxygen atoms in total. The number of imidazole rings is 1. The average molecular weight is 315 g/mol. The highest BCUT2D eigenvalue weighted by Gasteiger charge is 2.17. The lowest BCUT2D eigenvalue weighted by molar-refractivity contribution is 0.0955. The SMILES string of the molecule is Cn1ccn2ncc(C(=O)NCCc3nc4c(s3)CCC4)c12. The lowest BCUT2D eigenvalue weighted by atomic mass is 10.3. The summed E-state index contributed by atoms with van der Waals surface area (Å²) in [5.74, 6) is -0.0825. The zero-order valence-corrected chi connectivity index (χ0v) is 13.2. The maximum Gasteiger partial charge on any atom is 0.256 e. The van der Waals surface area contributed by atoms with Crippen LogP contribution >= 0.6 is 11.3 Å². The number of aromatic nitrogens is 4. The van der Waals surface area contributed by atoms with Crippen molar-refractivity contribution < 1.29 is 4.79 Å². The molecular formula is C15H17N5OS. The van der Waals surface area contributed by atoms with Crippen molar-refractivity contribution in [1.29, 1.82) is 0 Å². The molecule has 0 saturated carbocycles. The fraction of sp³-hybridized carbons (Fsp3) is 0.400. The first-order valence-corrected chi connectivity index (χ1v) is 8.28. The summed E-state index contributed by atoms with van der Waals surface area (Å²) >= 11 is 1.79. The van der Waals surface area contributed by atoms with E-state index in [4.69, 9.17) is 0 Å². The van der Waals surface area contributed by atoms with Gasteiger partial charge in [-0.1, -0.05) is 0 Å². The fourth-order valence-electron chi connectivity index (χ4n) is 2.94. The molecule has 1 amide bonds. The average Bonchev–Trinajstić information content (AvgIpc) is 3.20. The van der Waals surface area contributed by atoms with Crippen molar-refractivity contribution in [3.8, 4) is 0 Å². The molecule has 1 N–H and O–H groups in total. The predicted molar refractivity (Wildman–Crippen MR) is 84.3 cm³/mol. The number of thiazole rings is 1. The van der Waals surface area contributed by atoms with Crippen molar-refractivity contribution in [2.24, 2.45) is 7.05 Å². The number of carbonyl (C=O) groups excluding carboxylic acids is 1. The Balaban J connectivity index is 1.40. The van der Waals surface area contributed by atoms with Gasteiger partial charge in [-0.2, -0.15) is 5.10 Å². The summed E-state index contributed by atoms with van der Waals surface area (Å²) in [5, 5.41) is 8.28. The number of hydrogen-bond acceptors (Lipinski definition) is 4. The van der Waals surface area contributed by atoms with Crippen LogP contribution in [0.5, 0.6) is 0 Å². The van der Waals surface area contributed by atoms with Crippen LogP contribution in [0.15, 0.2) is 18.6 Å². The molecular weight excluding hydrogens is 298 g/mol.